The molecule has 0 bridgehead atoms. The van der Waals surface area contributed by atoms with Crippen molar-refractivity contribution in [1.82, 2.24) is 20.2 Å². The molecule has 3 rings (SSSR count). The van der Waals surface area contributed by atoms with Crippen LogP contribution in [0.1, 0.15) is 44.2 Å². The molecule has 0 radical (unpaired) electrons. The number of aromatic nitrogens is 4. The molecule has 2 aromatic heterocycles. The summed E-state index contributed by atoms with van der Waals surface area (Å²) in [6, 6.07) is 3.93. The first-order valence-electron chi connectivity index (χ1n) is 7.24. The molecule has 20 heavy (non-hydrogen) atoms. The fourth-order valence-corrected chi connectivity index (χ4v) is 2.64. The average Bonchev–Trinajstić information content (AvgIpc) is 3.10. The number of anilines is 3. The maximum absolute atomic E-state index is 4.41. The van der Waals surface area contributed by atoms with Crippen LogP contribution in [0.5, 0.6) is 0 Å². The summed E-state index contributed by atoms with van der Waals surface area (Å²) < 4.78 is 0. The second kappa shape index (κ2) is 5.90. The van der Waals surface area contributed by atoms with Crippen LogP contribution in [-0.2, 0) is 0 Å². The van der Waals surface area contributed by atoms with Crippen molar-refractivity contribution >= 4 is 17.6 Å². The number of hydrogen-bond donors (Lipinski definition) is 3. The van der Waals surface area contributed by atoms with Gasteiger partial charge in [-0.1, -0.05) is 12.8 Å². The largest absolute Gasteiger partial charge is 0.354 e. The number of nitrogens with one attached hydrogen (secondary N) is 3. The minimum Gasteiger partial charge on any atom is -0.354 e. The standard InChI is InChI=1S/C14H20N6/c1-2-15-14-16-8-7-12(18-14)17-13-9-11(19-20-13)10-5-3-4-6-10/h7-10H,2-6H2,1H3,(H3,15,16,17,18,19,20). The first-order valence-corrected chi connectivity index (χ1v) is 7.24. The molecule has 1 saturated carbocycles. The Hall–Kier alpha value is -2.11. The smallest absolute Gasteiger partial charge is 0.224 e. The van der Waals surface area contributed by atoms with Gasteiger partial charge in [-0.15, -0.1) is 0 Å². The van der Waals surface area contributed by atoms with Crippen LogP contribution < -0.4 is 10.6 Å². The second-order valence-corrected chi connectivity index (χ2v) is 5.11. The van der Waals surface area contributed by atoms with E-state index in [0.29, 0.717) is 11.9 Å². The Labute approximate surface area is 118 Å². The van der Waals surface area contributed by atoms with E-state index in [9.17, 15) is 0 Å². The minimum absolute atomic E-state index is 0.615. The normalized spacial score (nSPS) is 15.4. The molecule has 2 aromatic rings. The number of aromatic amines is 1. The summed E-state index contributed by atoms with van der Waals surface area (Å²) in [7, 11) is 0. The molecule has 0 unspecified atom stereocenters. The van der Waals surface area contributed by atoms with Crippen LogP contribution in [0.4, 0.5) is 17.6 Å². The summed E-state index contributed by atoms with van der Waals surface area (Å²) in [5.74, 6) is 2.89. The van der Waals surface area contributed by atoms with Gasteiger partial charge in [-0.2, -0.15) is 10.1 Å². The molecule has 6 heteroatoms. The van der Waals surface area contributed by atoms with Gasteiger partial charge in [-0.05, 0) is 25.8 Å². The van der Waals surface area contributed by atoms with E-state index in [0.717, 1.165) is 23.9 Å². The zero-order chi connectivity index (χ0) is 13.8. The third-order valence-electron chi connectivity index (χ3n) is 3.62. The van der Waals surface area contributed by atoms with Gasteiger partial charge in [0.1, 0.15) is 11.6 Å². The molecule has 1 aliphatic rings. The molecule has 106 valence electrons. The molecule has 1 aliphatic carbocycles. The van der Waals surface area contributed by atoms with E-state index in [-0.39, 0.29) is 0 Å². The molecule has 0 aromatic carbocycles. The van der Waals surface area contributed by atoms with Gasteiger partial charge >= 0.3 is 0 Å². The highest BCUT2D eigenvalue weighted by Gasteiger charge is 2.19. The second-order valence-electron chi connectivity index (χ2n) is 5.11. The highest BCUT2D eigenvalue weighted by atomic mass is 15.2. The lowest BCUT2D eigenvalue weighted by molar-refractivity contribution is 0.693. The molecule has 1 fully saturated rings. The van der Waals surface area contributed by atoms with Crippen molar-refractivity contribution in [1.29, 1.82) is 0 Å². The predicted molar refractivity (Wildman–Crippen MR) is 79.3 cm³/mol. The fraction of sp³-hybridized carbons (Fsp3) is 0.500. The molecule has 0 spiro atoms. The maximum Gasteiger partial charge on any atom is 0.224 e. The van der Waals surface area contributed by atoms with Gasteiger partial charge in [-0.25, -0.2) is 4.98 Å². The quantitative estimate of drug-likeness (QED) is 0.779. The summed E-state index contributed by atoms with van der Waals surface area (Å²) in [6.45, 7) is 2.82. The topological polar surface area (TPSA) is 78.5 Å². The Morgan fingerprint density at radius 2 is 2.20 bits per heavy atom. The lowest BCUT2D eigenvalue weighted by atomic mass is 10.0. The van der Waals surface area contributed by atoms with Crippen molar-refractivity contribution in [3.63, 3.8) is 0 Å². The van der Waals surface area contributed by atoms with Crippen LogP contribution in [0.25, 0.3) is 0 Å². The van der Waals surface area contributed by atoms with Crippen LogP contribution in [0.3, 0.4) is 0 Å². The monoisotopic (exact) mass is 272 g/mol. The van der Waals surface area contributed by atoms with E-state index in [1.54, 1.807) is 6.20 Å². The summed E-state index contributed by atoms with van der Waals surface area (Å²) in [5, 5.41) is 13.8. The zero-order valence-corrected chi connectivity index (χ0v) is 11.7. The summed E-state index contributed by atoms with van der Waals surface area (Å²) >= 11 is 0. The van der Waals surface area contributed by atoms with Crippen molar-refractivity contribution < 1.29 is 0 Å². The molecule has 2 heterocycles. The van der Waals surface area contributed by atoms with Crippen molar-refractivity contribution in [2.45, 2.75) is 38.5 Å². The van der Waals surface area contributed by atoms with Gasteiger partial charge in [0, 0.05) is 24.7 Å². The van der Waals surface area contributed by atoms with Crippen LogP contribution in [-0.4, -0.2) is 26.7 Å². The highest BCUT2D eigenvalue weighted by molar-refractivity contribution is 5.53. The zero-order valence-electron chi connectivity index (χ0n) is 11.7. The van der Waals surface area contributed by atoms with Gasteiger partial charge in [0.15, 0.2) is 0 Å². The van der Waals surface area contributed by atoms with E-state index >= 15 is 0 Å². The molecule has 6 nitrogen and oxygen atoms in total. The lowest BCUT2D eigenvalue weighted by Crippen LogP contribution is -2.03. The average molecular weight is 272 g/mol. The van der Waals surface area contributed by atoms with Gasteiger partial charge in [0.25, 0.3) is 0 Å². The highest BCUT2D eigenvalue weighted by Crippen LogP contribution is 2.33. The van der Waals surface area contributed by atoms with Crippen molar-refractivity contribution in [3.05, 3.63) is 24.0 Å². The fourth-order valence-electron chi connectivity index (χ4n) is 2.64. The first kappa shape index (κ1) is 12.9. The summed E-state index contributed by atoms with van der Waals surface area (Å²) in [6.07, 6.45) is 6.88. The van der Waals surface area contributed by atoms with E-state index in [2.05, 4.69) is 36.9 Å². The molecular formula is C14H20N6. The number of rotatable bonds is 5. The molecule has 0 saturated heterocycles. The molecule has 0 amide bonds. The Morgan fingerprint density at radius 1 is 1.35 bits per heavy atom. The molecule has 0 aliphatic heterocycles. The first-order chi connectivity index (χ1) is 9.85. The predicted octanol–water partition coefficient (Wildman–Crippen LogP) is 3.03. The maximum atomic E-state index is 4.41. The Kier molecular flexibility index (Phi) is 3.80. The number of nitrogens with zero attached hydrogens (tertiary/aromatic N) is 3. The third-order valence-corrected chi connectivity index (χ3v) is 3.62. The molecule has 0 atom stereocenters. The minimum atomic E-state index is 0.615. The third kappa shape index (κ3) is 2.89. The Bertz CT molecular complexity index is 558. The van der Waals surface area contributed by atoms with Crippen LogP contribution in [0.15, 0.2) is 18.3 Å². The summed E-state index contributed by atoms with van der Waals surface area (Å²) in [4.78, 5) is 8.53. The van der Waals surface area contributed by atoms with E-state index in [1.165, 1.54) is 25.7 Å². The van der Waals surface area contributed by atoms with E-state index in [4.69, 9.17) is 0 Å². The SMILES string of the molecule is CCNc1nccc(Nc2cc(C3CCCC3)n[nH]2)n1. The van der Waals surface area contributed by atoms with Gasteiger partial charge in [0.05, 0.1) is 5.69 Å². The molecular weight excluding hydrogens is 252 g/mol. The van der Waals surface area contributed by atoms with Crippen LogP contribution in [0.2, 0.25) is 0 Å². The lowest BCUT2D eigenvalue weighted by Gasteiger charge is -2.05. The van der Waals surface area contributed by atoms with E-state index in [1.807, 2.05) is 13.0 Å². The van der Waals surface area contributed by atoms with Crippen molar-refractivity contribution in [3.8, 4) is 0 Å². The number of hydrogen-bond acceptors (Lipinski definition) is 5. The van der Waals surface area contributed by atoms with Gasteiger partial charge in [-0.3, -0.25) is 5.10 Å². The van der Waals surface area contributed by atoms with Crippen LogP contribution in [0, 0.1) is 0 Å². The van der Waals surface area contributed by atoms with Crippen LogP contribution >= 0.6 is 0 Å². The van der Waals surface area contributed by atoms with Crippen molar-refractivity contribution in [2.24, 2.45) is 0 Å². The van der Waals surface area contributed by atoms with E-state index < -0.39 is 0 Å². The van der Waals surface area contributed by atoms with Gasteiger partial charge in [0.2, 0.25) is 5.95 Å². The summed E-state index contributed by atoms with van der Waals surface area (Å²) in [5.41, 5.74) is 1.16. The molecule has 3 N–H and O–H groups in total. The number of H-pyrrole nitrogens is 1. The van der Waals surface area contributed by atoms with Gasteiger partial charge < -0.3 is 10.6 Å². The Balaban J connectivity index is 1.69. The Morgan fingerprint density at radius 3 is 3.00 bits per heavy atom. The van der Waals surface area contributed by atoms with Crippen molar-refractivity contribution in [2.75, 3.05) is 17.2 Å².